The van der Waals surface area contributed by atoms with Gasteiger partial charge in [-0.3, -0.25) is 0 Å². The topological polar surface area (TPSA) is 41.7 Å². The number of hydrogen-bond donors (Lipinski definition) is 1. The summed E-state index contributed by atoms with van der Waals surface area (Å²) in [6.07, 6.45) is -4.66. The highest BCUT2D eigenvalue weighted by Crippen LogP contribution is 2.26. The van der Waals surface area contributed by atoms with Gasteiger partial charge in [0.2, 0.25) is 0 Å². The first kappa shape index (κ1) is 16.3. The van der Waals surface area contributed by atoms with Crippen LogP contribution in [0.1, 0.15) is 0 Å². The van der Waals surface area contributed by atoms with Gasteiger partial charge in [-0.25, -0.2) is 0 Å². The molecule has 7 heteroatoms. The highest BCUT2D eigenvalue weighted by atomic mass is 19.4. The number of halogens is 3. The number of nitrogens with two attached hydrogens (primary N) is 1. The summed E-state index contributed by atoms with van der Waals surface area (Å²) in [5.74, 6) is -0.202. The lowest BCUT2D eigenvalue weighted by molar-refractivity contribution is -0.274. The molecule has 1 aliphatic heterocycles. The summed E-state index contributed by atoms with van der Waals surface area (Å²) in [5, 5.41) is 0. The van der Waals surface area contributed by atoms with E-state index in [9.17, 15) is 13.2 Å². The molecule has 1 saturated heterocycles. The van der Waals surface area contributed by atoms with Crippen LogP contribution in [0.25, 0.3) is 0 Å². The predicted octanol–water partition coefficient (Wildman–Crippen LogP) is 3.49. The maximum absolute atomic E-state index is 12.2. The lowest BCUT2D eigenvalue weighted by atomic mass is 10.2. The summed E-state index contributed by atoms with van der Waals surface area (Å²) < 4.78 is 40.4. The number of piperazine rings is 1. The molecule has 0 bridgehead atoms. The Hall–Kier alpha value is -2.57. The lowest BCUT2D eigenvalue weighted by Crippen LogP contribution is -2.46. The Bertz CT molecular complexity index is 663. The van der Waals surface area contributed by atoms with Crippen molar-refractivity contribution in [3.8, 4) is 5.75 Å². The molecule has 128 valence electrons. The number of ether oxygens (including phenoxy) is 1. The molecule has 2 aromatic rings. The molecule has 24 heavy (non-hydrogen) atoms. The summed E-state index contributed by atoms with van der Waals surface area (Å²) in [4.78, 5) is 4.41. The molecule has 4 nitrogen and oxygen atoms in total. The minimum Gasteiger partial charge on any atom is -0.406 e. The summed E-state index contributed by atoms with van der Waals surface area (Å²) in [7, 11) is 0. The molecular formula is C17H18F3N3O. The van der Waals surface area contributed by atoms with Gasteiger partial charge in [-0.15, -0.1) is 13.2 Å². The maximum Gasteiger partial charge on any atom is 0.573 e. The highest BCUT2D eigenvalue weighted by molar-refractivity contribution is 5.55. The lowest BCUT2D eigenvalue weighted by Gasteiger charge is -2.37. The van der Waals surface area contributed by atoms with Crippen LogP contribution in [-0.2, 0) is 0 Å². The molecule has 1 heterocycles. The third kappa shape index (κ3) is 4.04. The van der Waals surface area contributed by atoms with Gasteiger partial charge in [0, 0.05) is 43.2 Å². The van der Waals surface area contributed by atoms with Crippen molar-refractivity contribution in [3.05, 3.63) is 48.5 Å². The minimum absolute atomic E-state index is 0.202. The molecule has 2 aromatic carbocycles. The average molecular weight is 337 g/mol. The summed E-state index contributed by atoms with van der Waals surface area (Å²) in [5.41, 5.74) is 8.45. The second-order valence-electron chi connectivity index (χ2n) is 5.61. The van der Waals surface area contributed by atoms with E-state index in [0.717, 1.165) is 43.2 Å². The Kier molecular flexibility index (Phi) is 4.42. The largest absolute Gasteiger partial charge is 0.573 e. The van der Waals surface area contributed by atoms with Crippen LogP contribution in [-0.4, -0.2) is 32.5 Å². The van der Waals surface area contributed by atoms with Crippen molar-refractivity contribution >= 4 is 17.1 Å². The van der Waals surface area contributed by atoms with E-state index in [0.29, 0.717) is 0 Å². The molecule has 3 rings (SSSR count). The third-order valence-corrected chi connectivity index (χ3v) is 3.97. The van der Waals surface area contributed by atoms with E-state index in [4.69, 9.17) is 5.73 Å². The fourth-order valence-corrected chi connectivity index (χ4v) is 2.77. The quantitative estimate of drug-likeness (QED) is 0.871. The van der Waals surface area contributed by atoms with Gasteiger partial charge in [0.15, 0.2) is 0 Å². The number of rotatable bonds is 3. The first-order valence-electron chi connectivity index (χ1n) is 7.62. The Morgan fingerprint density at radius 3 is 1.58 bits per heavy atom. The van der Waals surface area contributed by atoms with E-state index < -0.39 is 6.36 Å². The van der Waals surface area contributed by atoms with E-state index in [1.807, 2.05) is 24.3 Å². The van der Waals surface area contributed by atoms with Crippen molar-refractivity contribution in [2.75, 3.05) is 41.7 Å². The summed E-state index contributed by atoms with van der Waals surface area (Å²) in [6.45, 7) is 3.27. The number of benzene rings is 2. The smallest absolute Gasteiger partial charge is 0.406 e. The van der Waals surface area contributed by atoms with Crippen LogP contribution < -0.4 is 20.3 Å². The Morgan fingerprint density at radius 1 is 0.750 bits per heavy atom. The van der Waals surface area contributed by atoms with Gasteiger partial charge < -0.3 is 20.3 Å². The minimum atomic E-state index is -4.66. The summed E-state index contributed by atoms with van der Waals surface area (Å²) in [6, 6.07) is 13.7. The predicted molar refractivity (Wildman–Crippen MR) is 88.4 cm³/mol. The fourth-order valence-electron chi connectivity index (χ4n) is 2.77. The molecule has 0 amide bonds. The van der Waals surface area contributed by atoms with Crippen molar-refractivity contribution in [2.45, 2.75) is 6.36 Å². The molecule has 0 aromatic heterocycles. The number of alkyl halides is 3. The molecule has 0 aliphatic carbocycles. The van der Waals surface area contributed by atoms with Gasteiger partial charge in [0.05, 0.1) is 0 Å². The van der Waals surface area contributed by atoms with Crippen LogP contribution >= 0.6 is 0 Å². The average Bonchev–Trinajstić information content (AvgIpc) is 2.55. The Morgan fingerprint density at radius 2 is 1.17 bits per heavy atom. The van der Waals surface area contributed by atoms with Crippen LogP contribution in [0.5, 0.6) is 5.75 Å². The van der Waals surface area contributed by atoms with Crippen molar-refractivity contribution in [2.24, 2.45) is 0 Å². The first-order chi connectivity index (χ1) is 11.4. The third-order valence-electron chi connectivity index (χ3n) is 3.97. The number of anilines is 3. The van der Waals surface area contributed by atoms with Crippen molar-refractivity contribution in [1.82, 2.24) is 0 Å². The van der Waals surface area contributed by atoms with E-state index in [-0.39, 0.29) is 5.75 Å². The first-order valence-corrected chi connectivity index (χ1v) is 7.62. The zero-order valence-corrected chi connectivity index (χ0v) is 13.0. The van der Waals surface area contributed by atoms with Gasteiger partial charge in [-0.1, -0.05) is 0 Å². The fraction of sp³-hybridized carbons (Fsp3) is 0.294. The number of hydrogen-bond acceptors (Lipinski definition) is 4. The molecule has 0 atom stereocenters. The number of nitrogens with zero attached hydrogens (tertiary/aromatic N) is 2. The molecule has 0 radical (unpaired) electrons. The van der Waals surface area contributed by atoms with Crippen LogP contribution in [0.4, 0.5) is 30.2 Å². The van der Waals surface area contributed by atoms with E-state index >= 15 is 0 Å². The van der Waals surface area contributed by atoms with Crippen molar-refractivity contribution in [3.63, 3.8) is 0 Å². The highest BCUT2D eigenvalue weighted by Gasteiger charge is 2.31. The van der Waals surface area contributed by atoms with E-state index in [2.05, 4.69) is 14.5 Å². The molecule has 0 spiro atoms. The van der Waals surface area contributed by atoms with Gasteiger partial charge in [0.1, 0.15) is 5.75 Å². The number of nitrogen functional groups attached to an aromatic ring is 1. The second kappa shape index (κ2) is 6.51. The maximum atomic E-state index is 12.2. The van der Waals surface area contributed by atoms with Gasteiger partial charge in [0.25, 0.3) is 0 Å². The zero-order chi connectivity index (χ0) is 17.2. The van der Waals surface area contributed by atoms with Gasteiger partial charge in [-0.05, 0) is 48.5 Å². The molecule has 0 unspecified atom stereocenters. The Labute approximate surface area is 138 Å². The van der Waals surface area contributed by atoms with E-state index in [1.165, 1.54) is 12.1 Å². The zero-order valence-electron chi connectivity index (χ0n) is 13.0. The molecule has 2 N–H and O–H groups in total. The summed E-state index contributed by atoms with van der Waals surface area (Å²) >= 11 is 0. The molecule has 1 aliphatic rings. The van der Waals surface area contributed by atoms with Crippen LogP contribution in [0, 0.1) is 0 Å². The molecule has 1 fully saturated rings. The van der Waals surface area contributed by atoms with Crippen molar-refractivity contribution in [1.29, 1.82) is 0 Å². The molecule has 0 saturated carbocycles. The standard InChI is InChI=1S/C17H18F3N3O/c18-17(19,20)24-16-7-5-15(6-8-16)23-11-9-22(10-12-23)14-3-1-13(21)2-4-14/h1-8H,9-12,21H2. The molecular weight excluding hydrogens is 319 g/mol. The monoisotopic (exact) mass is 337 g/mol. The SMILES string of the molecule is Nc1ccc(N2CCN(c3ccc(OC(F)(F)F)cc3)CC2)cc1. The van der Waals surface area contributed by atoms with Crippen molar-refractivity contribution < 1.29 is 17.9 Å². The van der Waals surface area contributed by atoms with Gasteiger partial charge >= 0.3 is 6.36 Å². The Balaban J connectivity index is 1.59. The van der Waals surface area contributed by atoms with Crippen LogP contribution in [0.15, 0.2) is 48.5 Å². The second-order valence-corrected chi connectivity index (χ2v) is 5.61. The normalized spacial score (nSPS) is 15.5. The van der Waals surface area contributed by atoms with Gasteiger partial charge in [-0.2, -0.15) is 0 Å². The van der Waals surface area contributed by atoms with Crippen LogP contribution in [0.2, 0.25) is 0 Å². The van der Waals surface area contributed by atoms with E-state index in [1.54, 1.807) is 12.1 Å². The van der Waals surface area contributed by atoms with Crippen LogP contribution in [0.3, 0.4) is 0 Å².